The molecule has 1 aromatic carbocycles. The molecular weight excluding hydrogens is 253 g/mol. The summed E-state index contributed by atoms with van der Waals surface area (Å²) in [5.74, 6) is 5.47. The zero-order valence-electron chi connectivity index (χ0n) is 11.1. The summed E-state index contributed by atoms with van der Waals surface area (Å²) in [4.78, 5) is 0. The van der Waals surface area contributed by atoms with E-state index in [0.717, 1.165) is 43.4 Å². The van der Waals surface area contributed by atoms with Crippen molar-refractivity contribution in [2.75, 3.05) is 0 Å². The second-order valence-corrected chi connectivity index (χ2v) is 4.76. The lowest BCUT2D eigenvalue weighted by Crippen LogP contribution is -2.36. The third kappa shape index (κ3) is 5.61. The second-order valence-electron chi connectivity index (χ2n) is 4.76. The predicted molar refractivity (Wildman–Crippen MR) is 70.4 cm³/mol. The number of rotatable bonds is 7. The number of nitrogens with two attached hydrogens (primary N) is 1. The Bertz CT molecular complexity index is 360. The van der Waals surface area contributed by atoms with Crippen LogP contribution in [-0.4, -0.2) is 6.04 Å². The van der Waals surface area contributed by atoms with E-state index in [4.69, 9.17) is 5.84 Å². The van der Waals surface area contributed by atoms with Crippen LogP contribution in [0.4, 0.5) is 13.2 Å². The third-order valence-electron chi connectivity index (χ3n) is 3.16. The average molecular weight is 274 g/mol. The van der Waals surface area contributed by atoms with Crippen molar-refractivity contribution in [2.24, 2.45) is 5.84 Å². The van der Waals surface area contributed by atoms with Crippen molar-refractivity contribution in [3.63, 3.8) is 0 Å². The highest BCUT2D eigenvalue weighted by Gasteiger charge is 2.29. The maximum absolute atomic E-state index is 12.4. The summed E-state index contributed by atoms with van der Waals surface area (Å²) >= 11 is 0. The van der Waals surface area contributed by atoms with Crippen molar-refractivity contribution in [3.8, 4) is 0 Å². The zero-order valence-corrected chi connectivity index (χ0v) is 11.1. The van der Waals surface area contributed by atoms with Crippen LogP contribution in [0.25, 0.3) is 0 Å². The van der Waals surface area contributed by atoms with Crippen LogP contribution < -0.4 is 11.3 Å². The van der Waals surface area contributed by atoms with Gasteiger partial charge < -0.3 is 0 Å². The van der Waals surface area contributed by atoms with Crippen molar-refractivity contribution >= 4 is 0 Å². The Labute approximate surface area is 112 Å². The Morgan fingerprint density at radius 2 is 1.79 bits per heavy atom. The minimum atomic E-state index is -4.27. The van der Waals surface area contributed by atoms with Gasteiger partial charge in [-0.2, -0.15) is 13.2 Å². The Morgan fingerprint density at radius 1 is 1.16 bits per heavy atom. The minimum absolute atomic E-state index is 0.114. The van der Waals surface area contributed by atoms with Gasteiger partial charge in [0.2, 0.25) is 0 Å². The molecule has 1 aromatic rings. The molecule has 0 aliphatic rings. The van der Waals surface area contributed by atoms with E-state index < -0.39 is 11.7 Å². The van der Waals surface area contributed by atoms with Crippen LogP contribution in [-0.2, 0) is 12.6 Å². The van der Waals surface area contributed by atoms with E-state index in [-0.39, 0.29) is 6.04 Å². The van der Waals surface area contributed by atoms with Crippen molar-refractivity contribution < 1.29 is 13.2 Å². The van der Waals surface area contributed by atoms with E-state index >= 15 is 0 Å². The first-order valence-electron chi connectivity index (χ1n) is 6.59. The molecule has 5 heteroatoms. The average Bonchev–Trinajstić information content (AvgIpc) is 2.37. The van der Waals surface area contributed by atoms with Gasteiger partial charge in [0.05, 0.1) is 5.56 Å². The summed E-state index contributed by atoms with van der Waals surface area (Å²) in [5.41, 5.74) is 2.99. The van der Waals surface area contributed by atoms with Crippen LogP contribution in [0, 0.1) is 0 Å². The van der Waals surface area contributed by atoms with E-state index in [9.17, 15) is 13.2 Å². The Kier molecular flexibility index (Phi) is 6.31. The SMILES string of the molecule is CCCCCC(Cc1ccc(C(F)(F)F)cc1)NN. The normalized spacial score (nSPS) is 13.5. The molecule has 0 bridgehead atoms. The molecule has 0 heterocycles. The molecule has 0 saturated carbocycles. The highest BCUT2D eigenvalue weighted by molar-refractivity contribution is 5.25. The minimum Gasteiger partial charge on any atom is -0.271 e. The highest BCUT2D eigenvalue weighted by Crippen LogP contribution is 2.29. The lowest BCUT2D eigenvalue weighted by Gasteiger charge is -2.16. The maximum atomic E-state index is 12.4. The quantitative estimate of drug-likeness (QED) is 0.452. The molecule has 0 fully saturated rings. The number of hydrogen-bond donors (Lipinski definition) is 2. The van der Waals surface area contributed by atoms with Gasteiger partial charge in [-0.3, -0.25) is 11.3 Å². The molecule has 0 saturated heterocycles. The molecule has 2 nitrogen and oxygen atoms in total. The zero-order chi connectivity index (χ0) is 14.3. The monoisotopic (exact) mass is 274 g/mol. The Morgan fingerprint density at radius 3 is 2.26 bits per heavy atom. The van der Waals surface area contributed by atoms with Gasteiger partial charge in [-0.15, -0.1) is 0 Å². The van der Waals surface area contributed by atoms with Crippen molar-refractivity contribution in [1.29, 1.82) is 0 Å². The molecule has 108 valence electrons. The van der Waals surface area contributed by atoms with Crippen molar-refractivity contribution in [3.05, 3.63) is 35.4 Å². The van der Waals surface area contributed by atoms with Gasteiger partial charge in [0.1, 0.15) is 0 Å². The highest BCUT2D eigenvalue weighted by atomic mass is 19.4. The molecule has 0 spiro atoms. The van der Waals surface area contributed by atoms with E-state index in [0.29, 0.717) is 6.42 Å². The summed E-state index contributed by atoms with van der Waals surface area (Å²) < 4.78 is 37.3. The largest absolute Gasteiger partial charge is 0.416 e. The molecule has 3 N–H and O–H groups in total. The Hall–Kier alpha value is -1.07. The van der Waals surface area contributed by atoms with Crippen LogP contribution in [0.5, 0.6) is 0 Å². The van der Waals surface area contributed by atoms with Gasteiger partial charge in [-0.05, 0) is 30.5 Å². The van der Waals surface area contributed by atoms with Crippen LogP contribution in [0.1, 0.15) is 43.7 Å². The van der Waals surface area contributed by atoms with Crippen LogP contribution in [0.15, 0.2) is 24.3 Å². The number of alkyl halides is 3. The van der Waals surface area contributed by atoms with Crippen molar-refractivity contribution in [2.45, 2.75) is 51.2 Å². The van der Waals surface area contributed by atoms with Crippen LogP contribution in [0.2, 0.25) is 0 Å². The van der Waals surface area contributed by atoms with Gasteiger partial charge >= 0.3 is 6.18 Å². The van der Waals surface area contributed by atoms with Gasteiger partial charge in [-0.1, -0.05) is 38.3 Å². The number of benzene rings is 1. The summed E-state index contributed by atoms with van der Waals surface area (Å²) in [6.07, 6.45) is 0.670. The fourth-order valence-corrected chi connectivity index (χ4v) is 2.00. The van der Waals surface area contributed by atoms with E-state index in [1.807, 2.05) is 0 Å². The number of nitrogens with one attached hydrogen (secondary N) is 1. The summed E-state index contributed by atoms with van der Waals surface area (Å²) in [6, 6.07) is 5.40. The molecular formula is C14H21F3N2. The lowest BCUT2D eigenvalue weighted by atomic mass is 10.00. The molecule has 0 aliphatic heterocycles. The summed E-state index contributed by atoms with van der Waals surface area (Å²) in [5, 5.41) is 0. The Balaban J connectivity index is 2.55. The summed E-state index contributed by atoms with van der Waals surface area (Å²) in [6.45, 7) is 2.13. The number of hydrogen-bond acceptors (Lipinski definition) is 2. The first-order valence-corrected chi connectivity index (χ1v) is 6.59. The molecule has 0 aliphatic carbocycles. The predicted octanol–water partition coefficient (Wildman–Crippen LogP) is 3.66. The molecule has 1 atom stereocenters. The van der Waals surface area contributed by atoms with E-state index in [1.54, 1.807) is 0 Å². The number of hydrazine groups is 1. The molecule has 19 heavy (non-hydrogen) atoms. The third-order valence-corrected chi connectivity index (χ3v) is 3.16. The lowest BCUT2D eigenvalue weighted by molar-refractivity contribution is -0.137. The first kappa shape index (κ1) is 16.0. The van der Waals surface area contributed by atoms with E-state index in [1.165, 1.54) is 12.1 Å². The molecule has 0 aromatic heterocycles. The topological polar surface area (TPSA) is 38.0 Å². The standard InChI is InChI=1S/C14H21F3N2/c1-2-3-4-5-13(19-18)10-11-6-8-12(9-7-11)14(15,16)17/h6-9,13,19H,2-5,10,18H2,1H3. The number of halogens is 3. The summed E-state index contributed by atoms with van der Waals surface area (Å²) in [7, 11) is 0. The van der Waals surface area contributed by atoms with Gasteiger partial charge in [-0.25, -0.2) is 0 Å². The molecule has 0 radical (unpaired) electrons. The van der Waals surface area contributed by atoms with Crippen LogP contribution in [0.3, 0.4) is 0 Å². The first-order chi connectivity index (χ1) is 8.97. The molecule has 1 rings (SSSR count). The molecule has 1 unspecified atom stereocenters. The van der Waals surface area contributed by atoms with Crippen molar-refractivity contribution in [1.82, 2.24) is 5.43 Å². The fraction of sp³-hybridized carbons (Fsp3) is 0.571. The van der Waals surface area contributed by atoms with Gasteiger partial charge in [0.25, 0.3) is 0 Å². The second kappa shape index (κ2) is 7.50. The van der Waals surface area contributed by atoms with Crippen LogP contribution >= 0.6 is 0 Å². The fourth-order valence-electron chi connectivity index (χ4n) is 2.00. The smallest absolute Gasteiger partial charge is 0.271 e. The van der Waals surface area contributed by atoms with Gasteiger partial charge in [0.15, 0.2) is 0 Å². The van der Waals surface area contributed by atoms with E-state index in [2.05, 4.69) is 12.3 Å². The number of unbranched alkanes of at least 4 members (excludes halogenated alkanes) is 2. The maximum Gasteiger partial charge on any atom is 0.416 e. The van der Waals surface area contributed by atoms with Gasteiger partial charge in [0, 0.05) is 6.04 Å². The molecule has 0 amide bonds.